The number of rotatable bonds is 3. The number of halogens is 1. The Morgan fingerprint density at radius 2 is 2.16 bits per heavy atom. The second kappa shape index (κ2) is 6.10. The van der Waals surface area contributed by atoms with Crippen molar-refractivity contribution in [3.05, 3.63) is 71.0 Å². The van der Waals surface area contributed by atoms with Crippen molar-refractivity contribution in [1.29, 1.82) is 0 Å². The first-order valence-corrected chi connectivity index (χ1v) is 7.99. The van der Waals surface area contributed by atoms with Gasteiger partial charge in [0.1, 0.15) is 18.1 Å². The van der Waals surface area contributed by atoms with Gasteiger partial charge < -0.3 is 15.1 Å². The van der Waals surface area contributed by atoms with Crippen molar-refractivity contribution in [1.82, 2.24) is 14.8 Å². The lowest BCUT2D eigenvalue weighted by Gasteiger charge is -2.27. The van der Waals surface area contributed by atoms with Crippen LogP contribution in [0.15, 0.2) is 64.7 Å². The molecule has 0 spiro atoms. The zero-order valence-corrected chi connectivity index (χ0v) is 14.0. The monoisotopic (exact) mass is 355 g/mol. The molecule has 0 saturated heterocycles. The predicted molar refractivity (Wildman–Crippen MR) is 93.3 cm³/mol. The van der Waals surface area contributed by atoms with Gasteiger partial charge in [0.25, 0.3) is 5.91 Å². The van der Waals surface area contributed by atoms with Crippen LogP contribution in [0.2, 0.25) is 5.02 Å². The Balaban J connectivity index is 1.76. The number of allylic oxidation sites excluding steroid dienone is 1. The minimum atomic E-state index is -0.517. The maximum atomic E-state index is 13.0. The van der Waals surface area contributed by atoms with Gasteiger partial charge in [0.15, 0.2) is 0 Å². The molecule has 1 aliphatic heterocycles. The SMILES string of the molecule is CC1=C(C(=O)Nc2ccccc2Cl)[C@H](c2ccco2)n2ncnc2N1. The number of carbonyl (C=O) groups excluding carboxylic acids is 1. The molecular formula is C17H14ClN5O2. The molecule has 1 atom stereocenters. The summed E-state index contributed by atoms with van der Waals surface area (Å²) in [6.07, 6.45) is 2.99. The van der Waals surface area contributed by atoms with Crippen molar-refractivity contribution >= 4 is 29.1 Å². The van der Waals surface area contributed by atoms with Gasteiger partial charge in [-0.3, -0.25) is 4.79 Å². The van der Waals surface area contributed by atoms with Crippen molar-refractivity contribution < 1.29 is 9.21 Å². The van der Waals surface area contributed by atoms with E-state index in [1.54, 1.807) is 47.3 Å². The van der Waals surface area contributed by atoms with E-state index in [9.17, 15) is 4.79 Å². The summed E-state index contributed by atoms with van der Waals surface area (Å²) in [5.41, 5.74) is 1.69. The number of fused-ring (bicyclic) bond motifs is 1. The average Bonchev–Trinajstić information content (AvgIpc) is 3.26. The van der Waals surface area contributed by atoms with Gasteiger partial charge in [0, 0.05) is 5.70 Å². The average molecular weight is 356 g/mol. The van der Waals surface area contributed by atoms with Gasteiger partial charge in [-0.15, -0.1) is 0 Å². The zero-order chi connectivity index (χ0) is 17.4. The number of nitrogens with zero attached hydrogens (tertiary/aromatic N) is 3. The number of amides is 1. The first-order valence-electron chi connectivity index (χ1n) is 7.61. The van der Waals surface area contributed by atoms with Crippen LogP contribution in [0.25, 0.3) is 0 Å². The molecule has 0 bridgehead atoms. The minimum Gasteiger partial charge on any atom is -0.467 e. The van der Waals surface area contributed by atoms with Crippen LogP contribution in [-0.4, -0.2) is 20.7 Å². The van der Waals surface area contributed by atoms with Crippen LogP contribution in [0.5, 0.6) is 0 Å². The highest BCUT2D eigenvalue weighted by molar-refractivity contribution is 6.33. The number of anilines is 2. The standard InChI is InChI=1S/C17H14ClN5O2/c1-10-14(16(24)22-12-6-3-2-5-11(12)18)15(13-7-4-8-25-13)23-17(21-10)19-9-20-23/h2-9,15H,1H3,(H,22,24)(H,19,20,21)/t15-/m0/s1. The number of benzene rings is 1. The van der Waals surface area contributed by atoms with E-state index >= 15 is 0 Å². The fourth-order valence-electron chi connectivity index (χ4n) is 2.85. The number of carbonyl (C=O) groups is 1. The number of furan rings is 1. The van der Waals surface area contributed by atoms with E-state index in [2.05, 4.69) is 20.7 Å². The molecule has 0 fully saturated rings. The fraction of sp³-hybridized carbons (Fsp3) is 0.118. The molecule has 3 aromatic rings. The second-order valence-corrected chi connectivity index (χ2v) is 5.95. The summed E-state index contributed by atoms with van der Waals surface area (Å²) in [5, 5.41) is 10.6. The van der Waals surface area contributed by atoms with E-state index in [1.807, 2.05) is 6.92 Å². The highest BCUT2D eigenvalue weighted by atomic mass is 35.5. The highest BCUT2D eigenvalue weighted by Gasteiger charge is 2.35. The number of hydrogen-bond acceptors (Lipinski definition) is 5. The molecule has 0 aliphatic carbocycles. The summed E-state index contributed by atoms with van der Waals surface area (Å²) >= 11 is 6.15. The fourth-order valence-corrected chi connectivity index (χ4v) is 3.03. The largest absolute Gasteiger partial charge is 0.467 e. The van der Waals surface area contributed by atoms with Gasteiger partial charge in [-0.25, -0.2) is 4.68 Å². The third-order valence-corrected chi connectivity index (χ3v) is 4.30. The van der Waals surface area contributed by atoms with Crippen LogP contribution in [0.1, 0.15) is 18.7 Å². The Morgan fingerprint density at radius 3 is 2.92 bits per heavy atom. The Labute approximate surface area is 148 Å². The van der Waals surface area contributed by atoms with Crippen molar-refractivity contribution in [2.45, 2.75) is 13.0 Å². The van der Waals surface area contributed by atoms with Gasteiger partial charge in [0.2, 0.25) is 5.95 Å². The predicted octanol–water partition coefficient (Wildman–Crippen LogP) is 3.45. The molecule has 1 aliphatic rings. The Bertz CT molecular complexity index is 961. The van der Waals surface area contributed by atoms with E-state index in [1.165, 1.54) is 6.33 Å². The Morgan fingerprint density at radius 1 is 1.32 bits per heavy atom. The van der Waals surface area contributed by atoms with Gasteiger partial charge >= 0.3 is 0 Å². The summed E-state index contributed by atoms with van der Waals surface area (Å²) in [5.74, 6) is 0.853. The van der Waals surface area contributed by atoms with Gasteiger partial charge in [-0.1, -0.05) is 23.7 Å². The highest BCUT2D eigenvalue weighted by Crippen LogP contribution is 2.35. The normalized spacial score (nSPS) is 16.3. The minimum absolute atomic E-state index is 0.291. The lowest BCUT2D eigenvalue weighted by molar-refractivity contribution is -0.113. The first-order chi connectivity index (χ1) is 12.1. The Kier molecular flexibility index (Phi) is 3.77. The lowest BCUT2D eigenvalue weighted by Crippen LogP contribution is -2.31. The van der Waals surface area contributed by atoms with E-state index in [0.717, 1.165) is 0 Å². The van der Waals surface area contributed by atoms with Crippen molar-refractivity contribution in [2.75, 3.05) is 10.6 Å². The second-order valence-electron chi connectivity index (χ2n) is 5.54. The molecular weight excluding hydrogens is 342 g/mol. The van der Waals surface area contributed by atoms with Crippen molar-refractivity contribution in [3.8, 4) is 0 Å². The molecule has 4 rings (SSSR count). The summed E-state index contributed by atoms with van der Waals surface area (Å²) in [7, 11) is 0. The molecule has 0 saturated carbocycles. The molecule has 2 N–H and O–H groups in total. The smallest absolute Gasteiger partial charge is 0.256 e. The van der Waals surface area contributed by atoms with Crippen molar-refractivity contribution in [3.63, 3.8) is 0 Å². The number of hydrogen-bond donors (Lipinski definition) is 2. The maximum Gasteiger partial charge on any atom is 0.256 e. The third-order valence-electron chi connectivity index (χ3n) is 3.97. The summed E-state index contributed by atoms with van der Waals surface area (Å²) in [6, 6.07) is 10.1. The van der Waals surface area contributed by atoms with Gasteiger partial charge in [-0.2, -0.15) is 10.1 Å². The lowest BCUT2D eigenvalue weighted by atomic mass is 10.00. The van der Waals surface area contributed by atoms with E-state index in [-0.39, 0.29) is 5.91 Å². The van der Waals surface area contributed by atoms with Crippen LogP contribution in [0.4, 0.5) is 11.6 Å². The molecule has 25 heavy (non-hydrogen) atoms. The summed E-state index contributed by atoms with van der Waals surface area (Å²) in [6.45, 7) is 1.82. The molecule has 8 heteroatoms. The molecule has 126 valence electrons. The van der Waals surface area contributed by atoms with E-state index in [4.69, 9.17) is 16.0 Å². The molecule has 3 heterocycles. The molecule has 2 aromatic heterocycles. The molecule has 0 unspecified atom stereocenters. The molecule has 0 radical (unpaired) electrons. The van der Waals surface area contributed by atoms with Crippen LogP contribution in [0, 0.1) is 0 Å². The van der Waals surface area contributed by atoms with Crippen molar-refractivity contribution in [2.24, 2.45) is 0 Å². The van der Waals surface area contributed by atoms with Crippen LogP contribution >= 0.6 is 11.6 Å². The van der Waals surface area contributed by atoms with E-state index < -0.39 is 6.04 Å². The van der Waals surface area contributed by atoms with E-state index in [0.29, 0.717) is 33.7 Å². The summed E-state index contributed by atoms with van der Waals surface area (Å²) < 4.78 is 7.16. The number of aromatic nitrogens is 3. The molecule has 1 aromatic carbocycles. The zero-order valence-electron chi connectivity index (χ0n) is 13.2. The van der Waals surface area contributed by atoms with Crippen LogP contribution in [0.3, 0.4) is 0 Å². The van der Waals surface area contributed by atoms with Crippen LogP contribution in [-0.2, 0) is 4.79 Å². The summed E-state index contributed by atoms with van der Waals surface area (Å²) in [4.78, 5) is 17.2. The van der Waals surface area contributed by atoms with Gasteiger partial charge in [0.05, 0.1) is 22.5 Å². The van der Waals surface area contributed by atoms with Gasteiger partial charge in [-0.05, 0) is 31.2 Å². The third kappa shape index (κ3) is 2.68. The Hall–Kier alpha value is -3.06. The molecule has 1 amide bonds. The van der Waals surface area contributed by atoms with Crippen LogP contribution < -0.4 is 10.6 Å². The maximum absolute atomic E-state index is 13.0. The number of nitrogens with one attached hydrogen (secondary N) is 2. The quantitative estimate of drug-likeness (QED) is 0.751. The topological polar surface area (TPSA) is 85.0 Å². The molecule has 7 nitrogen and oxygen atoms in total. The first kappa shape index (κ1) is 15.5. The number of para-hydroxylation sites is 1.